The van der Waals surface area contributed by atoms with Gasteiger partial charge in [-0.15, -0.1) is 11.8 Å². The number of thioether (sulfide) groups is 1. The zero-order valence-electron chi connectivity index (χ0n) is 6.19. The van der Waals surface area contributed by atoms with Crippen molar-refractivity contribution in [2.45, 2.75) is 12.2 Å². The molecule has 1 aliphatic rings. The first-order valence-corrected chi connectivity index (χ1v) is 4.29. The maximum atomic E-state index is 11.0. The van der Waals surface area contributed by atoms with Gasteiger partial charge in [-0.3, -0.25) is 9.79 Å². The Bertz CT molecular complexity index is 201. The SMILES string of the molecule is CCOC(=O)C1C=NC=CS1. The molecule has 0 radical (unpaired) electrons. The minimum Gasteiger partial charge on any atom is -0.465 e. The fraction of sp³-hybridized carbons (Fsp3) is 0.429. The lowest BCUT2D eigenvalue weighted by atomic mass is 10.4. The van der Waals surface area contributed by atoms with Crippen LogP contribution in [0.1, 0.15) is 6.92 Å². The Hall–Kier alpha value is -0.770. The number of hydrogen-bond acceptors (Lipinski definition) is 4. The highest BCUT2D eigenvalue weighted by Gasteiger charge is 2.17. The fourth-order valence-electron chi connectivity index (χ4n) is 0.659. The average molecular weight is 171 g/mol. The number of hydrogen-bond donors (Lipinski definition) is 0. The Kier molecular flexibility index (Phi) is 3.16. The lowest BCUT2D eigenvalue weighted by molar-refractivity contribution is -0.140. The molecule has 1 aliphatic heterocycles. The predicted molar refractivity (Wildman–Crippen MR) is 45.6 cm³/mol. The van der Waals surface area contributed by atoms with Crippen molar-refractivity contribution in [1.82, 2.24) is 0 Å². The third-order valence-electron chi connectivity index (χ3n) is 1.11. The maximum absolute atomic E-state index is 11.0. The van der Waals surface area contributed by atoms with Gasteiger partial charge in [0, 0.05) is 12.4 Å². The standard InChI is InChI=1S/C7H9NO2S/c1-2-10-7(9)6-5-8-3-4-11-6/h3-6H,2H2,1H3. The summed E-state index contributed by atoms with van der Waals surface area (Å²) in [6.45, 7) is 2.21. The molecule has 1 rings (SSSR count). The molecular formula is C7H9NO2S. The average Bonchev–Trinajstić information content (AvgIpc) is 2.07. The molecule has 0 saturated heterocycles. The lowest BCUT2D eigenvalue weighted by Crippen LogP contribution is -2.21. The van der Waals surface area contributed by atoms with Crippen LogP contribution in [-0.2, 0) is 9.53 Å². The van der Waals surface area contributed by atoms with Gasteiger partial charge in [-0.1, -0.05) is 0 Å². The molecule has 1 unspecified atom stereocenters. The molecule has 3 nitrogen and oxygen atoms in total. The normalized spacial score (nSPS) is 21.7. The number of carbonyl (C=O) groups is 1. The third kappa shape index (κ3) is 2.38. The summed E-state index contributed by atoms with van der Waals surface area (Å²) in [6.07, 6.45) is 3.24. The van der Waals surface area contributed by atoms with Gasteiger partial charge in [0.2, 0.25) is 0 Å². The van der Waals surface area contributed by atoms with E-state index in [-0.39, 0.29) is 11.2 Å². The summed E-state index contributed by atoms with van der Waals surface area (Å²) < 4.78 is 4.80. The number of rotatable bonds is 2. The van der Waals surface area contributed by atoms with Gasteiger partial charge in [0.15, 0.2) is 0 Å². The van der Waals surface area contributed by atoms with Crippen molar-refractivity contribution in [1.29, 1.82) is 0 Å². The topological polar surface area (TPSA) is 38.7 Å². The number of ether oxygens (including phenoxy) is 1. The first-order chi connectivity index (χ1) is 5.34. The minimum absolute atomic E-state index is 0.217. The summed E-state index contributed by atoms with van der Waals surface area (Å²) >= 11 is 1.41. The summed E-state index contributed by atoms with van der Waals surface area (Å²) in [4.78, 5) is 14.9. The third-order valence-corrected chi connectivity index (χ3v) is 2.00. The van der Waals surface area contributed by atoms with Gasteiger partial charge < -0.3 is 4.74 Å². The Balaban J connectivity index is 2.42. The number of carbonyl (C=O) groups excluding carboxylic acids is 1. The summed E-state index contributed by atoms with van der Waals surface area (Å²) in [6, 6.07) is 0. The smallest absolute Gasteiger partial charge is 0.324 e. The molecule has 60 valence electrons. The van der Waals surface area contributed by atoms with E-state index >= 15 is 0 Å². The first-order valence-electron chi connectivity index (χ1n) is 3.35. The van der Waals surface area contributed by atoms with Crippen LogP contribution in [0.25, 0.3) is 0 Å². The van der Waals surface area contributed by atoms with Gasteiger partial charge in [0.1, 0.15) is 5.25 Å². The van der Waals surface area contributed by atoms with Crippen molar-refractivity contribution < 1.29 is 9.53 Å². The molecular weight excluding hydrogens is 162 g/mol. The van der Waals surface area contributed by atoms with E-state index in [1.807, 2.05) is 0 Å². The van der Waals surface area contributed by atoms with E-state index in [0.29, 0.717) is 6.61 Å². The highest BCUT2D eigenvalue weighted by Crippen LogP contribution is 2.15. The molecule has 0 aromatic carbocycles. The number of nitrogens with zero attached hydrogens (tertiary/aromatic N) is 1. The number of aliphatic imine (C=N–C) groups is 1. The fourth-order valence-corrected chi connectivity index (χ4v) is 1.29. The van der Waals surface area contributed by atoms with E-state index in [0.717, 1.165) is 0 Å². The molecule has 0 spiro atoms. The Morgan fingerprint density at radius 1 is 1.82 bits per heavy atom. The molecule has 0 aromatic heterocycles. The molecule has 0 amide bonds. The van der Waals surface area contributed by atoms with Crippen LogP contribution in [0.5, 0.6) is 0 Å². The number of esters is 1. The highest BCUT2D eigenvalue weighted by atomic mass is 32.2. The van der Waals surface area contributed by atoms with Crippen LogP contribution >= 0.6 is 11.8 Å². The zero-order chi connectivity index (χ0) is 8.10. The summed E-state index contributed by atoms with van der Waals surface area (Å²) in [5.41, 5.74) is 0. The molecule has 11 heavy (non-hydrogen) atoms. The van der Waals surface area contributed by atoms with Crippen LogP contribution < -0.4 is 0 Å². The van der Waals surface area contributed by atoms with Gasteiger partial charge in [-0.2, -0.15) is 0 Å². The predicted octanol–water partition coefficient (Wildman–Crippen LogP) is 1.21. The summed E-state index contributed by atoms with van der Waals surface area (Å²) in [5, 5.41) is 1.53. The summed E-state index contributed by atoms with van der Waals surface area (Å²) in [5.74, 6) is -0.217. The van der Waals surface area contributed by atoms with Crippen LogP contribution in [0.4, 0.5) is 0 Å². The molecule has 0 saturated carbocycles. The second kappa shape index (κ2) is 4.18. The molecule has 0 aliphatic carbocycles. The maximum Gasteiger partial charge on any atom is 0.324 e. The highest BCUT2D eigenvalue weighted by molar-refractivity contribution is 8.04. The van der Waals surface area contributed by atoms with Crippen molar-refractivity contribution in [3.8, 4) is 0 Å². The van der Waals surface area contributed by atoms with Crippen LogP contribution in [0.15, 0.2) is 16.6 Å². The van der Waals surface area contributed by atoms with Gasteiger partial charge in [-0.05, 0) is 12.3 Å². The second-order valence-electron chi connectivity index (χ2n) is 1.89. The van der Waals surface area contributed by atoms with Crippen LogP contribution in [0.3, 0.4) is 0 Å². The summed E-state index contributed by atoms with van der Waals surface area (Å²) in [7, 11) is 0. The Labute approximate surface area is 69.5 Å². The van der Waals surface area contributed by atoms with Crippen LogP contribution in [0.2, 0.25) is 0 Å². The molecule has 1 heterocycles. The van der Waals surface area contributed by atoms with Gasteiger partial charge in [0.05, 0.1) is 6.61 Å². The van der Waals surface area contributed by atoms with E-state index in [2.05, 4.69) is 4.99 Å². The van der Waals surface area contributed by atoms with Crippen LogP contribution in [0, 0.1) is 0 Å². The first kappa shape index (κ1) is 8.33. The molecule has 0 fully saturated rings. The van der Waals surface area contributed by atoms with Crippen molar-refractivity contribution in [3.63, 3.8) is 0 Å². The van der Waals surface area contributed by atoms with Crippen LogP contribution in [-0.4, -0.2) is 24.0 Å². The van der Waals surface area contributed by atoms with E-state index in [1.54, 1.807) is 24.7 Å². The van der Waals surface area contributed by atoms with E-state index < -0.39 is 0 Å². The van der Waals surface area contributed by atoms with Crippen molar-refractivity contribution >= 4 is 23.9 Å². The van der Waals surface area contributed by atoms with Gasteiger partial charge in [-0.25, -0.2) is 0 Å². The molecule has 4 heteroatoms. The molecule has 1 atom stereocenters. The molecule has 0 bridgehead atoms. The Morgan fingerprint density at radius 2 is 2.64 bits per heavy atom. The van der Waals surface area contributed by atoms with E-state index in [4.69, 9.17) is 4.74 Å². The van der Waals surface area contributed by atoms with Gasteiger partial charge >= 0.3 is 5.97 Å². The van der Waals surface area contributed by atoms with Gasteiger partial charge in [0.25, 0.3) is 0 Å². The lowest BCUT2D eigenvalue weighted by Gasteiger charge is -2.09. The molecule has 0 N–H and O–H groups in total. The largest absolute Gasteiger partial charge is 0.465 e. The molecule has 0 aromatic rings. The second-order valence-corrected chi connectivity index (χ2v) is 2.94. The van der Waals surface area contributed by atoms with E-state index in [9.17, 15) is 4.79 Å². The van der Waals surface area contributed by atoms with Crippen molar-refractivity contribution in [2.75, 3.05) is 6.61 Å². The van der Waals surface area contributed by atoms with Crippen molar-refractivity contribution in [3.05, 3.63) is 11.6 Å². The van der Waals surface area contributed by atoms with Crippen molar-refractivity contribution in [2.24, 2.45) is 4.99 Å². The minimum atomic E-state index is -0.250. The Morgan fingerprint density at radius 3 is 3.18 bits per heavy atom. The monoisotopic (exact) mass is 171 g/mol. The quantitative estimate of drug-likeness (QED) is 0.586. The zero-order valence-corrected chi connectivity index (χ0v) is 7.00. The van der Waals surface area contributed by atoms with E-state index in [1.165, 1.54) is 11.8 Å².